The third-order valence-electron chi connectivity index (χ3n) is 2.21. The number of benzene rings is 2. The molecular formula is C13H10N2O2. The topological polar surface area (TPSA) is 62.0 Å². The highest BCUT2D eigenvalue weighted by Gasteiger charge is 1.96. The van der Waals surface area contributed by atoms with Crippen LogP contribution in [-0.4, -0.2) is 11.3 Å². The Morgan fingerprint density at radius 1 is 1.06 bits per heavy atom. The molecule has 0 saturated carbocycles. The third-order valence-corrected chi connectivity index (χ3v) is 2.21. The lowest BCUT2D eigenvalue weighted by molar-refractivity contribution is 0.477. The van der Waals surface area contributed by atoms with Gasteiger partial charge in [-0.05, 0) is 35.0 Å². The lowest BCUT2D eigenvalue weighted by Gasteiger charge is -1.97. The molecule has 84 valence electrons. The Hall–Kier alpha value is -2.49. The van der Waals surface area contributed by atoms with Crippen LogP contribution in [0.4, 0.5) is 11.4 Å². The van der Waals surface area contributed by atoms with Crippen molar-refractivity contribution in [2.45, 2.75) is 0 Å². The van der Waals surface area contributed by atoms with Crippen LogP contribution in [0.2, 0.25) is 0 Å². The van der Waals surface area contributed by atoms with Crippen LogP contribution < -0.4 is 0 Å². The first-order valence-electron chi connectivity index (χ1n) is 5.05. The van der Waals surface area contributed by atoms with Crippen LogP contribution in [0.1, 0.15) is 5.56 Å². The molecule has 0 aromatic heterocycles. The van der Waals surface area contributed by atoms with Crippen LogP contribution >= 0.6 is 0 Å². The van der Waals surface area contributed by atoms with Gasteiger partial charge in [0.2, 0.25) is 0 Å². The van der Waals surface area contributed by atoms with E-state index in [1.54, 1.807) is 54.7 Å². The van der Waals surface area contributed by atoms with Gasteiger partial charge in [-0.15, -0.1) is 4.91 Å². The number of nitrogens with zero attached hydrogens (tertiary/aromatic N) is 2. The fraction of sp³-hybridized carbons (Fsp3) is 0. The molecule has 0 saturated heterocycles. The minimum atomic E-state index is 0.119. The van der Waals surface area contributed by atoms with E-state index in [4.69, 9.17) is 0 Å². The van der Waals surface area contributed by atoms with E-state index in [1.165, 1.54) is 0 Å². The van der Waals surface area contributed by atoms with Crippen molar-refractivity contribution in [1.29, 1.82) is 0 Å². The Kier molecular flexibility index (Phi) is 3.25. The molecule has 0 radical (unpaired) electrons. The van der Waals surface area contributed by atoms with E-state index in [-0.39, 0.29) is 5.75 Å². The molecule has 0 heterocycles. The first-order valence-corrected chi connectivity index (χ1v) is 5.05. The van der Waals surface area contributed by atoms with Gasteiger partial charge in [0.1, 0.15) is 17.1 Å². The Morgan fingerprint density at radius 2 is 1.88 bits per heavy atom. The molecule has 0 aliphatic carbocycles. The predicted octanol–water partition coefficient (Wildman–Crippen LogP) is 3.54. The van der Waals surface area contributed by atoms with Crippen molar-refractivity contribution in [1.82, 2.24) is 0 Å². The lowest BCUT2D eigenvalue weighted by Crippen LogP contribution is -1.79. The summed E-state index contributed by atoms with van der Waals surface area (Å²) in [6.07, 6.45) is 1.57. The average molecular weight is 226 g/mol. The van der Waals surface area contributed by atoms with Crippen molar-refractivity contribution in [3.8, 4) is 5.75 Å². The highest BCUT2D eigenvalue weighted by atomic mass is 16.3. The normalized spacial score (nSPS) is 10.6. The van der Waals surface area contributed by atoms with Crippen LogP contribution in [0.25, 0.3) is 0 Å². The second-order valence-corrected chi connectivity index (χ2v) is 3.43. The van der Waals surface area contributed by atoms with Crippen molar-refractivity contribution < 1.29 is 5.11 Å². The Labute approximate surface area is 98.2 Å². The van der Waals surface area contributed by atoms with E-state index in [9.17, 15) is 10.0 Å². The van der Waals surface area contributed by atoms with Gasteiger partial charge in [-0.1, -0.05) is 24.3 Å². The molecule has 0 fully saturated rings. The lowest BCUT2D eigenvalue weighted by atomic mass is 10.2. The quantitative estimate of drug-likeness (QED) is 0.642. The standard InChI is InChI=1S/C13H10N2O2/c16-13-7-2-1-6-12(13)14-9-10-4-3-5-11(8-10)15-17/h1-9,16H. The molecule has 2 aromatic carbocycles. The maximum Gasteiger partial charge on any atom is 0.141 e. The molecule has 17 heavy (non-hydrogen) atoms. The van der Waals surface area contributed by atoms with Gasteiger partial charge in [0.25, 0.3) is 0 Å². The van der Waals surface area contributed by atoms with Gasteiger partial charge in [-0.2, -0.15) is 0 Å². The van der Waals surface area contributed by atoms with Gasteiger partial charge in [0, 0.05) is 6.21 Å². The summed E-state index contributed by atoms with van der Waals surface area (Å²) in [7, 11) is 0. The van der Waals surface area contributed by atoms with Crippen molar-refractivity contribution >= 4 is 17.6 Å². The molecule has 0 amide bonds. The van der Waals surface area contributed by atoms with Crippen LogP contribution in [0.3, 0.4) is 0 Å². The number of nitroso groups, excluding NO2 is 1. The van der Waals surface area contributed by atoms with Gasteiger partial charge >= 0.3 is 0 Å². The molecular weight excluding hydrogens is 216 g/mol. The predicted molar refractivity (Wildman–Crippen MR) is 67.3 cm³/mol. The van der Waals surface area contributed by atoms with E-state index in [0.717, 1.165) is 5.56 Å². The van der Waals surface area contributed by atoms with Crippen LogP contribution in [-0.2, 0) is 0 Å². The zero-order valence-electron chi connectivity index (χ0n) is 8.95. The maximum atomic E-state index is 10.4. The summed E-state index contributed by atoms with van der Waals surface area (Å²) < 4.78 is 0. The number of hydrogen-bond acceptors (Lipinski definition) is 4. The number of aromatic hydroxyl groups is 1. The molecule has 4 heteroatoms. The summed E-state index contributed by atoms with van der Waals surface area (Å²) >= 11 is 0. The van der Waals surface area contributed by atoms with Crippen LogP contribution in [0.5, 0.6) is 5.75 Å². The van der Waals surface area contributed by atoms with E-state index in [1.807, 2.05) is 0 Å². The fourth-order valence-electron chi connectivity index (χ4n) is 1.38. The largest absolute Gasteiger partial charge is 0.506 e. The molecule has 2 aromatic rings. The van der Waals surface area contributed by atoms with Crippen LogP contribution in [0, 0.1) is 4.91 Å². The second-order valence-electron chi connectivity index (χ2n) is 3.43. The Bertz CT molecular complexity index is 565. The second kappa shape index (κ2) is 5.03. The number of rotatable bonds is 3. The smallest absolute Gasteiger partial charge is 0.141 e. The van der Waals surface area contributed by atoms with Crippen molar-refractivity contribution in [3.63, 3.8) is 0 Å². The Morgan fingerprint density at radius 3 is 2.65 bits per heavy atom. The molecule has 0 spiro atoms. The summed E-state index contributed by atoms with van der Waals surface area (Å²) in [5.41, 5.74) is 1.59. The number of phenolic OH excluding ortho intramolecular Hbond substituents is 1. The number of phenols is 1. The monoisotopic (exact) mass is 226 g/mol. The molecule has 0 bridgehead atoms. The molecule has 4 nitrogen and oxygen atoms in total. The van der Waals surface area contributed by atoms with Gasteiger partial charge < -0.3 is 5.11 Å². The summed E-state index contributed by atoms with van der Waals surface area (Å²) in [5.74, 6) is 0.119. The van der Waals surface area contributed by atoms with Gasteiger partial charge in [0.05, 0.1) is 0 Å². The van der Waals surface area contributed by atoms with E-state index >= 15 is 0 Å². The van der Waals surface area contributed by atoms with Gasteiger partial charge in [0.15, 0.2) is 0 Å². The maximum absolute atomic E-state index is 10.4. The molecule has 0 aliphatic heterocycles. The third kappa shape index (κ3) is 2.75. The fourth-order valence-corrected chi connectivity index (χ4v) is 1.38. The molecule has 1 N–H and O–H groups in total. The highest BCUT2D eigenvalue weighted by molar-refractivity contribution is 5.83. The van der Waals surface area contributed by atoms with Gasteiger partial charge in [-0.3, -0.25) is 4.99 Å². The minimum Gasteiger partial charge on any atom is -0.506 e. The average Bonchev–Trinajstić information content (AvgIpc) is 2.38. The first kappa shape index (κ1) is 11.0. The molecule has 0 aliphatic rings. The molecule has 2 rings (SSSR count). The van der Waals surface area contributed by atoms with Crippen LogP contribution in [0.15, 0.2) is 58.7 Å². The SMILES string of the molecule is O=Nc1cccc(C=Nc2ccccc2O)c1. The number of hydrogen-bond donors (Lipinski definition) is 1. The van der Waals surface area contributed by atoms with Crippen molar-refractivity contribution in [2.75, 3.05) is 0 Å². The van der Waals surface area contributed by atoms with Crippen molar-refractivity contribution in [2.24, 2.45) is 10.2 Å². The number of aliphatic imine (C=N–C) groups is 1. The van der Waals surface area contributed by atoms with E-state index in [2.05, 4.69) is 10.2 Å². The molecule has 0 unspecified atom stereocenters. The van der Waals surface area contributed by atoms with Gasteiger partial charge in [-0.25, -0.2) is 0 Å². The van der Waals surface area contributed by atoms with E-state index in [0.29, 0.717) is 11.4 Å². The molecule has 0 atom stereocenters. The summed E-state index contributed by atoms with van der Waals surface area (Å²) in [6.45, 7) is 0. The summed E-state index contributed by atoms with van der Waals surface area (Å²) in [6, 6.07) is 13.5. The zero-order valence-corrected chi connectivity index (χ0v) is 8.95. The van der Waals surface area contributed by atoms with E-state index < -0.39 is 0 Å². The number of para-hydroxylation sites is 2. The Balaban J connectivity index is 2.26. The summed E-state index contributed by atoms with van der Waals surface area (Å²) in [4.78, 5) is 14.5. The first-order chi connectivity index (χ1) is 8.29. The zero-order chi connectivity index (χ0) is 12.1. The summed E-state index contributed by atoms with van der Waals surface area (Å²) in [5, 5.41) is 12.3. The van der Waals surface area contributed by atoms with Crippen molar-refractivity contribution in [3.05, 3.63) is 59.0 Å². The minimum absolute atomic E-state index is 0.119. The highest BCUT2D eigenvalue weighted by Crippen LogP contribution is 2.24.